The first kappa shape index (κ1) is 16.3. The number of carboxylic acids is 1. The molecular weight excluding hydrogens is 333 g/mol. The number of carboxylic acid groups (broad SMARTS) is 1. The molecule has 0 aromatic heterocycles. The van der Waals surface area contributed by atoms with E-state index in [1.165, 1.54) is 0 Å². The van der Waals surface area contributed by atoms with Crippen LogP contribution < -0.4 is 5.32 Å². The maximum absolute atomic E-state index is 11.2. The van der Waals surface area contributed by atoms with Crippen molar-refractivity contribution in [1.29, 1.82) is 0 Å². The molecular formula is C11H10Cl3NO3S. The number of alkyl halides is 3. The molecule has 0 aliphatic rings. The molecule has 104 valence electrons. The highest BCUT2D eigenvalue weighted by Crippen LogP contribution is 2.26. The lowest BCUT2D eigenvalue weighted by Gasteiger charge is -2.18. The van der Waals surface area contributed by atoms with Crippen LogP contribution in [-0.2, 0) is 9.53 Å². The van der Waals surface area contributed by atoms with Gasteiger partial charge in [0.05, 0.1) is 0 Å². The first-order chi connectivity index (χ1) is 8.79. The maximum atomic E-state index is 11.2. The number of nitrogens with one attached hydrogen (secondary N) is 1. The third kappa shape index (κ3) is 6.29. The summed E-state index contributed by atoms with van der Waals surface area (Å²) >= 11 is 21.3. The third-order valence-electron chi connectivity index (χ3n) is 2.01. The van der Waals surface area contributed by atoms with Crippen molar-refractivity contribution in [3.8, 4) is 0 Å². The van der Waals surface area contributed by atoms with Crippen LogP contribution in [0.3, 0.4) is 0 Å². The highest BCUT2D eigenvalue weighted by atomic mass is 35.6. The topological polar surface area (TPSA) is 58.6 Å². The standard InChI is InChI=1S/C11H10Cl3NO3S/c12-11(13,14)6-18-10(19)15-8(9(16)17)7-4-2-1-3-5-7/h1-5,8H,6H2,(H,15,19)(H,16,17)/t8-/m1/s1. The Labute approximate surface area is 130 Å². The van der Waals surface area contributed by atoms with Crippen LogP contribution in [0, 0.1) is 0 Å². The van der Waals surface area contributed by atoms with E-state index in [1.807, 2.05) is 0 Å². The molecule has 19 heavy (non-hydrogen) atoms. The fraction of sp³-hybridized carbons (Fsp3) is 0.273. The Morgan fingerprint density at radius 2 is 1.95 bits per heavy atom. The van der Waals surface area contributed by atoms with Gasteiger partial charge < -0.3 is 15.2 Å². The molecule has 0 fully saturated rings. The van der Waals surface area contributed by atoms with E-state index in [4.69, 9.17) is 56.9 Å². The van der Waals surface area contributed by atoms with Crippen LogP contribution in [-0.4, -0.2) is 26.6 Å². The molecule has 2 N–H and O–H groups in total. The Kier molecular flexibility index (Phi) is 6.13. The van der Waals surface area contributed by atoms with Crippen LogP contribution in [0.4, 0.5) is 0 Å². The van der Waals surface area contributed by atoms with Crippen LogP contribution in [0.15, 0.2) is 30.3 Å². The largest absolute Gasteiger partial charge is 0.479 e. The number of carbonyl (C=O) groups is 1. The molecule has 0 bridgehead atoms. The van der Waals surface area contributed by atoms with E-state index < -0.39 is 15.8 Å². The van der Waals surface area contributed by atoms with Gasteiger partial charge in [-0.1, -0.05) is 65.1 Å². The van der Waals surface area contributed by atoms with Crippen LogP contribution in [0.25, 0.3) is 0 Å². The smallest absolute Gasteiger partial charge is 0.330 e. The minimum absolute atomic E-state index is 0.150. The Morgan fingerprint density at radius 3 is 2.42 bits per heavy atom. The number of ether oxygens (including phenoxy) is 1. The number of hydrogen-bond acceptors (Lipinski definition) is 3. The second-order valence-electron chi connectivity index (χ2n) is 3.52. The molecule has 0 radical (unpaired) electrons. The zero-order chi connectivity index (χ0) is 14.5. The number of aliphatic carboxylic acids is 1. The first-order valence-corrected chi connectivity index (χ1v) is 6.61. The van der Waals surface area contributed by atoms with Gasteiger partial charge in [-0.05, 0) is 17.8 Å². The van der Waals surface area contributed by atoms with E-state index in [2.05, 4.69) is 5.32 Å². The predicted molar refractivity (Wildman–Crippen MR) is 78.8 cm³/mol. The van der Waals surface area contributed by atoms with E-state index in [9.17, 15) is 4.79 Å². The summed E-state index contributed by atoms with van der Waals surface area (Å²) in [5.74, 6) is -1.09. The van der Waals surface area contributed by atoms with Crippen molar-refractivity contribution in [2.45, 2.75) is 9.83 Å². The molecule has 0 unspecified atom stereocenters. The van der Waals surface area contributed by atoms with Crippen molar-refractivity contribution < 1.29 is 14.6 Å². The summed E-state index contributed by atoms with van der Waals surface area (Å²) in [4.78, 5) is 11.2. The molecule has 0 heterocycles. The summed E-state index contributed by atoms with van der Waals surface area (Å²) in [5, 5.41) is 11.5. The summed E-state index contributed by atoms with van der Waals surface area (Å²) in [6.45, 7) is -0.273. The summed E-state index contributed by atoms with van der Waals surface area (Å²) in [6, 6.07) is 7.51. The van der Waals surface area contributed by atoms with Gasteiger partial charge in [0.1, 0.15) is 6.61 Å². The molecule has 1 atom stereocenters. The lowest BCUT2D eigenvalue weighted by atomic mass is 10.1. The predicted octanol–water partition coefficient (Wildman–Crippen LogP) is 3.07. The molecule has 1 rings (SSSR count). The van der Waals surface area contributed by atoms with Gasteiger partial charge in [0, 0.05) is 0 Å². The van der Waals surface area contributed by atoms with Gasteiger partial charge in [0.15, 0.2) is 6.04 Å². The Hall–Kier alpha value is -0.750. The van der Waals surface area contributed by atoms with Gasteiger partial charge in [-0.2, -0.15) is 0 Å². The van der Waals surface area contributed by atoms with Crippen molar-refractivity contribution in [2.75, 3.05) is 6.61 Å². The quantitative estimate of drug-likeness (QED) is 0.650. The van der Waals surface area contributed by atoms with Crippen molar-refractivity contribution in [1.82, 2.24) is 5.32 Å². The van der Waals surface area contributed by atoms with E-state index in [0.29, 0.717) is 5.56 Å². The average Bonchev–Trinajstić information content (AvgIpc) is 2.33. The van der Waals surface area contributed by atoms with Crippen molar-refractivity contribution in [2.24, 2.45) is 0 Å². The minimum atomic E-state index is -1.61. The van der Waals surface area contributed by atoms with Crippen LogP contribution >= 0.6 is 47.0 Å². The lowest BCUT2D eigenvalue weighted by Crippen LogP contribution is -2.35. The van der Waals surface area contributed by atoms with Crippen molar-refractivity contribution >= 4 is 58.2 Å². The molecule has 0 saturated carbocycles. The van der Waals surface area contributed by atoms with E-state index in [0.717, 1.165) is 0 Å². The Balaban J connectivity index is 2.65. The van der Waals surface area contributed by atoms with E-state index in [-0.39, 0.29) is 11.8 Å². The van der Waals surface area contributed by atoms with Gasteiger partial charge in [-0.3, -0.25) is 0 Å². The molecule has 0 spiro atoms. The SMILES string of the molecule is O=C(O)[C@H](NC(=S)OCC(Cl)(Cl)Cl)c1ccccc1. The highest BCUT2D eigenvalue weighted by Gasteiger charge is 2.24. The second kappa shape index (κ2) is 7.14. The third-order valence-corrected chi connectivity index (χ3v) is 2.57. The zero-order valence-corrected chi connectivity index (χ0v) is 12.6. The Bertz CT molecular complexity index is 450. The monoisotopic (exact) mass is 341 g/mol. The van der Waals surface area contributed by atoms with Gasteiger partial charge in [0.25, 0.3) is 5.17 Å². The van der Waals surface area contributed by atoms with Gasteiger partial charge >= 0.3 is 5.97 Å². The molecule has 1 aromatic carbocycles. The Morgan fingerprint density at radius 1 is 1.37 bits per heavy atom. The molecule has 0 saturated heterocycles. The van der Waals surface area contributed by atoms with Crippen LogP contribution in [0.2, 0.25) is 0 Å². The average molecular weight is 343 g/mol. The number of rotatable bonds is 4. The van der Waals surface area contributed by atoms with E-state index >= 15 is 0 Å². The molecule has 0 aliphatic carbocycles. The van der Waals surface area contributed by atoms with Crippen molar-refractivity contribution in [3.63, 3.8) is 0 Å². The number of benzene rings is 1. The van der Waals surface area contributed by atoms with Crippen molar-refractivity contribution in [3.05, 3.63) is 35.9 Å². The number of halogens is 3. The fourth-order valence-corrected chi connectivity index (χ4v) is 1.58. The second-order valence-corrected chi connectivity index (χ2v) is 6.40. The van der Waals surface area contributed by atoms with Gasteiger partial charge in [-0.15, -0.1) is 0 Å². The summed E-state index contributed by atoms with van der Waals surface area (Å²) < 4.78 is 3.36. The molecule has 0 aliphatic heterocycles. The molecule has 4 nitrogen and oxygen atoms in total. The van der Waals surface area contributed by atoms with Crippen LogP contribution in [0.1, 0.15) is 11.6 Å². The molecule has 8 heteroatoms. The molecule has 1 aromatic rings. The van der Waals surface area contributed by atoms with Gasteiger partial charge in [-0.25, -0.2) is 4.79 Å². The summed E-state index contributed by atoms with van der Waals surface area (Å²) in [5.41, 5.74) is 0.537. The number of thiocarbonyl (C=S) groups is 1. The number of hydrogen-bond donors (Lipinski definition) is 2. The fourth-order valence-electron chi connectivity index (χ4n) is 1.24. The minimum Gasteiger partial charge on any atom is -0.479 e. The molecule has 0 amide bonds. The lowest BCUT2D eigenvalue weighted by molar-refractivity contribution is -0.139. The summed E-state index contributed by atoms with van der Waals surface area (Å²) in [6.07, 6.45) is 0. The maximum Gasteiger partial charge on any atom is 0.330 e. The van der Waals surface area contributed by atoms with E-state index in [1.54, 1.807) is 30.3 Å². The zero-order valence-electron chi connectivity index (χ0n) is 9.48. The highest BCUT2D eigenvalue weighted by molar-refractivity contribution is 7.80. The van der Waals surface area contributed by atoms with Crippen LogP contribution in [0.5, 0.6) is 0 Å². The first-order valence-electron chi connectivity index (χ1n) is 5.07. The van der Waals surface area contributed by atoms with Gasteiger partial charge in [0.2, 0.25) is 3.79 Å². The normalized spacial score (nSPS) is 12.6. The summed E-state index contributed by atoms with van der Waals surface area (Å²) in [7, 11) is 0.